The molecule has 1 saturated heterocycles. The number of hydrogen-bond donors (Lipinski definition) is 2. The smallest absolute Gasteiger partial charge is 0.208 e. The van der Waals surface area contributed by atoms with Crippen molar-refractivity contribution in [2.45, 2.75) is 44.7 Å². The second-order valence-electron chi connectivity index (χ2n) is 11.9. The van der Waals surface area contributed by atoms with Crippen molar-refractivity contribution in [1.82, 2.24) is 33.9 Å². The first kappa shape index (κ1) is 27.2. The molecule has 10 heteroatoms. The standard InChI is InChI=1S/C32H38ClN9/c1-20-26(33)12-13-27-29(20)40(3)32(38-27)37-22-6-4-21(5-7-22)25-18-42(31-28(25)30(34)35-19-36-31)24-10-8-23(9-11-24)41-16-14-39(2)15-17-41/h4-7,12-13,18-19,23-24H,8-11,14-17H2,1-3H3,(H,37,38)(H2,34,35,36)/t23-,24+. The number of rotatable bonds is 5. The van der Waals surface area contributed by atoms with Crippen molar-refractivity contribution in [2.24, 2.45) is 7.05 Å². The first-order chi connectivity index (χ1) is 20.4. The summed E-state index contributed by atoms with van der Waals surface area (Å²) in [6, 6.07) is 13.4. The lowest BCUT2D eigenvalue weighted by atomic mass is 9.89. The van der Waals surface area contributed by atoms with Gasteiger partial charge >= 0.3 is 0 Å². The monoisotopic (exact) mass is 583 g/mol. The molecular formula is C32H38ClN9. The Balaban J connectivity index is 1.13. The average molecular weight is 584 g/mol. The number of halogens is 1. The molecule has 42 heavy (non-hydrogen) atoms. The van der Waals surface area contributed by atoms with E-state index < -0.39 is 0 Å². The van der Waals surface area contributed by atoms with Gasteiger partial charge in [-0.25, -0.2) is 15.0 Å². The van der Waals surface area contributed by atoms with Gasteiger partial charge in [-0.2, -0.15) is 0 Å². The Kier molecular flexibility index (Phi) is 7.04. The molecule has 0 bridgehead atoms. The topological polar surface area (TPSA) is 93.1 Å². The van der Waals surface area contributed by atoms with E-state index in [1.54, 1.807) is 6.33 Å². The highest BCUT2D eigenvalue weighted by molar-refractivity contribution is 6.32. The third-order valence-corrected chi connectivity index (χ3v) is 9.84. The fourth-order valence-corrected chi connectivity index (χ4v) is 7.09. The maximum atomic E-state index is 6.47. The van der Waals surface area contributed by atoms with Crippen LogP contribution in [0.25, 0.3) is 33.2 Å². The Morgan fingerprint density at radius 3 is 2.36 bits per heavy atom. The number of nitrogens with one attached hydrogen (secondary N) is 1. The molecule has 3 aromatic heterocycles. The second kappa shape index (κ2) is 10.9. The van der Waals surface area contributed by atoms with Crippen LogP contribution in [0.5, 0.6) is 0 Å². The van der Waals surface area contributed by atoms with Crippen LogP contribution in [0.2, 0.25) is 5.02 Å². The number of nitrogens with zero attached hydrogens (tertiary/aromatic N) is 7. The van der Waals surface area contributed by atoms with Crippen molar-refractivity contribution in [3.05, 3.63) is 59.5 Å². The zero-order chi connectivity index (χ0) is 29.0. The van der Waals surface area contributed by atoms with Gasteiger partial charge in [-0.15, -0.1) is 0 Å². The highest BCUT2D eigenvalue weighted by Gasteiger charge is 2.30. The molecule has 2 aliphatic rings. The molecule has 5 aromatic rings. The number of aromatic nitrogens is 5. The molecule has 0 radical (unpaired) electrons. The molecule has 7 rings (SSSR count). The molecule has 1 aliphatic heterocycles. The number of aryl methyl sites for hydroxylation is 2. The van der Waals surface area contributed by atoms with Gasteiger partial charge in [0.25, 0.3) is 0 Å². The molecule has 3 N–H and O–H groups in total. The van der Waals surface area contributed by atoms with Gasteiger partial charge < -0.3 is 25.1 Å². The number of fused-ring (bicyclic) bond motifs is 2. The van der Waals surface area contributed by atoms with Crippen LogP contribution in [0.4, 0.5) is 17.5 Å². The van der Waals surface area contributed by atoms with Gasteiger partial charge in [0.15, 0.2) is 0 Å². The molecule has 1 aliphatic carbocycles. The molecule has 2 fully saturated rings. The number of anilines is 3. The van der Waals surface area contributed by atoms with Gasteiger partial charge in [0.2, 0.25) is 5.95 Å². The lowest BCUT2D eigenvalue weighted by Crippen LogP contribution is -2.49. The van der Waals surface area contributed by atoms with Crippen molar-refractivity contribution in [1.29, 1.82) is 0 Å². The number of nitrogens with two attached hydrogens (primary N) is 1. The predicted octanol–water partition coefficient (Wildman–Crippen LogP) is 6.00. The number of piperazine rings is 1. The quantitative estimate of drug-likeness (QED) is 0.262. The van der Waals surface area contributed by atoms with E-state index in [4.69, 9.17) is 27.3 Å². The van der Waals surface area contributed by atoms with Crippen LogP contribution in [0.1, 0.15) is 37.3 Å². The molecule has 0 spiro atoms. The highest BCUT2D eigenvalue weighted by Crippen LogP contribution is 2.39. The molecular weight excluding hydrogens is 546 g/mol. The van der Waals surface area contributed by atoms with Crippen molar-refractivity contribution in [3.63, 3.8) is 0 Å². The Morgan fingerprint density at radius 1 is 0.905 bits per heavy atom. The summed E-state index contributed by atoms with van der Waals surface area (Å²) in [5.74, 6) is 1.29. The van der Waals surface area contributed by atoms with Crippen molar-refractivity contribution in [3.8, 4) is 11.1 Å². The minimum Gasteiger partial charge on any atom is -0.383 e. The third kappa shape index (κ3) is 4.79. The lowest BCUT2D eigenvalue weighted by Gasteiger charge is -2.41. The summed E-state index contributed by atoms with van der Waals surface area (Å²) in [6.45, 7) is 6.73. The van der Waals surface area contributed by atoms with Crippen molar-refractivity contribution >= 4 is 51.1 Å². The molecule has 0 amide bonds. The second-order valence-corrected chi connectivity index (χ2v) is 12.4. The summed E-state index contributed by atoms with van der Waals surface area (Å²) in [5, 5.41) is 5.15. The highest BCUT2D eigenvalue weighted by atomic mass is 35.5. The fourth-order valence-electron chi connectivity index (χ4n) is 6.94. The van der Waals surface area contributed by atoms with Crippen LogP contribution in [0, 0.1) is 6.92 Å². The van der Waals surface area contributed by atoms with Crippen LogP contribution in [-0.2, 0) is 7.05 Å². The summed E-state index contributed by atoms with van der Waals surface area (Å²) < 4.78 is 4.41. The zero-order valence-corrected chi connectivity index (χ0v) is 25.3. The van der Waals surface area contributed by atoms with Gasteiger partial charge in [-0.1, -0.05) is 23.7 Å². The summed E-state index contributed by atoms with van der Waals surface area (Å²) >= 11 is 6.37. The number of benzene rings is 2. The third-order valence-electron chi connectivity index (χ3n) is 9.43. The Labute approximate surface area is 251 Å². The van der Waals surface area contributed by atoms with Gasteiger partial charge in [-0.05, 0) is 75.0 Å². The first-order valence-corrected chi connectivity index (χ1v) is 15.3. The van der Waals surface area contributed by atoms with E-state index in [0.717, 1.165) is 68.3 Å². The van der Waals surface area contributed by atoms with Gasteiger partial charge in [0.05, 0.1) is 16.4 Å². The van der Waals surface area contributed by atoms with E-state index in [2.05, 4.69) is 66.7 Å². The largest absolute Gasteiger partial charge is 0.383 e. The molecule has 218 valence electrons. The van der Waals surface area contributed by atoms with E-state index in [1.165, 1.54) is 39.0 Å². The van der Waals surface area contributed by atoms with E-state index in [1.807, 2.05) is 26.1 Å². The van der Waals surface area contributed by atoms with Gasteiger partial charge in [-0.3, -0.25) is 4.90 Å². The van der Waals surface area contributed by atoms with Gasteiger partial charge in [0.1, 0.15) is 17.8 Å². The maximum Gasteiger partial charge on any atom is 0.208 e. The van der Waals surface area contributed by atoms with Crippen LogP contribution in [0.3, 0.4) is 0 Å². The number of imidazole rings is 1. The van der Waals surface area contributed by atoms with Crippen LogP contribution >= 0.6 is 11.6 Å². The predicted molar refractivity (Wildman–Crippen MR) is 171 cm³/mol. The molecule has 4 heterocycles. The van der Waals surface area contributed by atoms with Crippen molar-refractivity contribution in [2.75, 3.05) is 44.3 Å². The SMILES string of the molecule is Cc1c(Cl)ccc2nc(Nc3ccc(-c4cn([C@H]5CC[C@@H](N6CCN(C)CC6)CC5)c5ncnc(N)c45)cc3)n(C)c12. The molecule has 0 unspecified atom stereocenters. The molecule has 2 aromatic carbocycles. The summed E-state index contributed by atoms with van der Waals surface area (Å²) in [7, 11) is 4.23. The van der Waals surface area contributed by atoms with Crippen LogP contribution in [0.15, 0.2) is 48.9 Å². The molecule has 1 saturated carbocycles. The Morgan fingerprint density at radius 2 is 1.62 bits per heavy atom. The number of nitrogen functional groups attached to an aromatic ring is 1. The fraction of sp³-hybridized carbons (Fsp3) is 0.406. The van der Waals surface area contributed by atoms with E-state index in [0.29, 0.717) is 17.9 Å². The summed E-state index contributed by atoms with van der Waals surface area (Å²) in [5.41, 5.74) is 13.5. The molecule has 9 nitrogen and oxygen atoms in total. The zero-order valence-electron chi connectivity index (χ0n) is 24.5. The minimum absolute atomic E-state index is 0.412. The summed E-state index contributed by atoms with van der Waals surface area (Å²) in [4.78, 5) is 19.0. The lowest BCUT2D eigenvalue weighted by molar-refractivity contribution is 0.0828. The van der Waals surface area contributed by atoms with Crippen molar-refractivity contribution < 1.29 is 0 Å². The maximum absolute atomic E-state index is 6.47. The van der Waals surface area contributed by atoms with E-state index >= 15 is 0 Å². The molecule has 0 atom stereocenters. The average Bonchev–Trinajstić information content (AvgIpc) is 3.55. The number of likely N-dealkylation sites (N-methyl/N-ethyl adjacent to an activating group) is 1. The van der Waals surface area contributed by atoms with E-state index in [9.17, 15) is 0 Å². The van der Waals surface area contributed by atoms with Gasteiger partial charge in [0, 0.05) is 67.8 Å². The Hall–Kier alpha value is -3.66. The van der Waals surface area contributed by atoms with Crippen LogP contribution < -0.4 is 11.1 Å². The van der Waals surface area contributed by atoms with E-state index in [-0.39, 0.29) is 0 Å². The Bertz CT molecular complexity index is 1740. The first-order valence-electron chi connectivity index (χ1n) is 14.9. The van der Waals surface area contributed by atoms with Crippen LogP contribution in [-0.4, -0.2) is 73.2 Å². The number of hydrogen-bond acceptors (Lipinski definition) is 7. The minimum atomic E-state index is 0.412. The summed E-state index contributed by atoms with van der Waals surface area (Å²) in [6.07, 6.45) is 8.57. The normalized spacial score (nSPS) is 20.5.